The van der Waals surface area contributed by atoms with Crippen LogP contribution in [-0.2, 0) is 6.54 Å². The minimum absolute atomic E-state index is 0.0173. The number of nitrogens with zero attached hydrogens (tertiary/aromatic N) is 1. The number of halogens is 2. The van der Waals surface area contributed by atoms with E-state index in [2.05, 4.69) is 21.2 Å². The van der Waals surface area contributed by atoms with Gasteiger partial charge in [-0.25, -0.2) is 4.39 Å². The summed E-state index contributed by atoms with van der Waals surface area (Å²) in [5.74, 6) is -0.270. The first-order chi connectivity index (χ1) is 9.95. The molecule has 1 atom stereocenters. The van der Waals surface area contributed by atoms with Gasteiger partial charge in [0, 0.05) is 29.2 Å². The molecule has 4 nitrogen and oxygen atoms in total. The molecule has 0 spiro atoms. The molecule has 21 heavy (non-hydrogen) atoms. The van der Waals surface area contributed by atoms with Crippen LogP contribution < -0.4 is 5.32 Å². The number of hydrogen-bond donors (Lipinski definition) is 1. The standard InChI is InChI=1S/C15H14BrFN2O2/c1-10(12-2-4-14(17)5-3-12)18-9-11-6-13(16)8-15(7-11)19(20)21/h2-8,10,18H,9H2,1H3/t10-/m1/s1. The summed E-state index contributed by atoms with van der Waals surface area (Å²) >= 11 is 3.27. The fourth-order valence-corrected chi connectivity index (χ4v) is 2.51. The molecular weight excluding hydrogens is 339 g/mol. The van der Waals surface area contributed by atoms with Crippen molar-refractivity contribution in [3.63, 3.8) is 0 Å². The lowest BCUT2D eigenvalue weighted by Gasteiger charge is -2.14. The van der Waals surface area contributed by atoms with Gasteiger partial charge in [-0.3, -0.25) is 10.1 Å². The second-order valence-corrected chi connectivity index (χ2v) is 5.64. The van der Waals surface area contributed by atoms with Crippen molar-refractivity contribution in [1.29, 1.82) is 0 Å². The van der Waals surface area contributed by atoms with E-state index in [-0.39, 0.29) is 17.5 Å². The van der Waals surface area contributed by atoms with Crippen LogP contribution >= 0.6 is 15.9 Å². The Morgan fingerprint density at radius 1 is 1.29 bits per heavy atom. The minimum Gasteiger partial charge on any atom is -0.306 e. The van der Waals surface area contributed by atoms with Gasteiger partial charge >= 0.3 is 0 Å². The Balaban J connectivity index is 2.05. The highest BCUT2D eigenvalue weighted by Gasteiger charge is 2.10. The molecule has 6 heteroatoms. The quantitative estimate of drug-likeness (QED) is 0.642. The van der Waals surface area contributed by atoms with Crippen molar-refractivity contribution in [2.75, 3.05) is 0 Å². The molecule has 2 rings (SSSR count). The number of benzene rings is 2. The summed E-state index contributed by atoms with van der Waals surface area (Å²) in [6.07, 6.45) is 0. The molecular formula is C15H14BrFN2O2. The van der Waals surface area contributed by atoms with Gasteiger partial charge in [-0.05, 0) is 36.2 Å². The van der Waals surface area contributed by atoms with Gasteiger partial charge in [-0.1, -0.05) is 28.1 Å². The molecule has 0 amide bonds. The van der Waals surface area contributed by atoms with E-state index in [0.29, 0.717) is 11.0 Å². The second kappa shape index (κ2) is 6.78. The predicted molar refractivity (Wildman–Crippen MR) is 82.5 cm³/mol. The molecule has 1 N–H and O–H groups in total. The Kier molecular flexibility index (Phi) is 5.03. The summed E-state index contributed by atoms with van der Waals surface area (Å²) in [6.45, 7) is 2.44. The first-order valence-corrected chi connectivity index (χ1v) is 7.17. The normalized spacial score (nSPS) is 12.1. The lowest BCUT2D eigenvalue weighted by molar-refractivity contribution is -0.385. The van der Waals surface area contributed by atoms with Crippen LogP contribution in [0.15, 0.2) is 46.9 Å². The van der Waals surface area contributed by atoms with Gasteiger partial charge in [0.15, 0.2) is 0 Å². The Morgan fingerprint density at radius 2 is 1.95 bits per heavy atom. The third-order valence-corrected chi connectivity index (χ3v) is 3.59. The molecule has 0 fully saturated rings. The molecule has 0 saturated carbocycles. The Labute approximate surface area is 130 Å². The van der Waals surface area contributed by atoms with E-state index >= 15 is 0 Å². The van der Waals surface area contributed by atoms with Crippen molar-refractivity contribution < 1.29 is 9.31 Å². The summed E-state index contributed by atoms with van der Waals surface area (Å²) in [6, 6.07) is 11.1. The number of nitrogens with one attached hydrogen (secondary N) is 1. The van der Waals surface area contributed by atoms with Crippen molar-refractivity contribution in [2.45, 2.75) is 19.5 Å². The maximum atomic E-state index is 12.9. The summed E-state index contributed by atoms with van der Waals surface area (Å²) in [5.41, 5.74) is 1.82. The third kappa shape index (κ3) is 4.34. The molecule has 0 aromatic heterocycles. The highest BCUT2D eigenvalue weighted by Crippen LogP contribution is 2.22. The van der Waals surface area contributed by atoms with E-state index in [0.717, 1.165) is 11.1 Å². The van der Waals surface area contributed by atoms with E-state index in [1.54, 1.807) is 12.1 Å². The Hall–Kier alpha value is -1.79. The summed E-state index contributed by atoms with van der Waals surface area (Å²) < 4.78 is 13.5. The van der Waals surface area contributed by atoms with Gasteiger partial charge in [-0.15, -0.1) is 0 Å². The summed E-state index contributed by atoms with van der Waals surface area (Å²) in [4.78, 5) is 10.4. The van der Waals surface area contributed by atoms with Crippen LogP contribution in [0.1, 0.15) is 24.1 Å². The van der Waals surface area contributed by atoms with Crippen molar-refractivity contribution in [2.24, 2.45) is 0 Å². The maximum Gasteiger partial charge on any atom is 0.270 e. The monoisotopic (exact) mass is 352 g/mol. The molecule has 0 unspecified atom stereocenters. The second-order valence-electron chi connectivity index (χ2n) is 4.73. The van der Waals surface area contributed by atoms with Gasteiger partial charge in [0.2, 0.25) is 0 Å². The first kappa shape index (κ1) is 15.6. The number of non-ortho nitro benzene ring substituents is 1. The number of nitro groups is 1. The average Bonchev–Trinajstić information content (AvgIpc) is 2.45. The largest absolute Gasteiger partial charge is 0.306 e. The van der Waals surface area contributed by atoms with Crippen LogP contribution in [0.4, 0.5) is 10.1 Å². The summed E-state index contributed by atoms with van der Waals surface area (Å²) in [7, 11) is 0. The molecule has 2 aromatic rings. The SMILES string of the molecule is C[C@@H](NCc1cc(Br)cc([N+](=O)[O-])c1)c1ccc(F)cc1. The van der Waals surface area contributed by atoms with Crippen LogP contribution in [0.3, 0.4) is 0 Å². The zero-order valence-corrected chi connectivity index (χ0v) is 12.9. The Bertz CT molecular complexity index is 647. The first-order valence-electron chi connectivity index (χ1n) is 6.38. The fraction of sp³-hybridized carbons (Fsp3) is 0.200. The van der Waals surface area contributed by atoms with E-state index in [1.165, 1.54) is 24.3 Å². The fourth-order valence-electron chi connectivity index (χ4n) is 1.98. The molecule has 0 heterocycles. The van der Waals surface area contributed by atoms with Gasteiger partial charge < -0.3 is 5.32 Å². The van der Waals surface area contributed by atoms with Crippen molar-refractivity contribution in [3.8, 4) is 0 Å². The zero-order chi connectivity index (χ0) is 15.4. The molecule has 0 aliphatic heterocycles. The molecule has 2 aromatic carbocycles. The lowest BCUT2D eigenvalue weighted by atomic mass is 10.1. The van der Waals surface area contributed by atoms with Gasteiger partial charge in [0.05, 0.1) is 4.92 Å². The van der Waals surface area contributed by atoms with Crippen LogP contribution in [-0.4, -0.2) is 4.92 Å². The van der Waals surface area contributed by atoms with Gasteiger partial charge in [-0.2, -0.15) is 0 Å². The van der Waals surface area contributed by atoms with Crippen LogP contribution in [0, 0.1) is 15.9 Å². The smallest absolute Gasteiger partial charge is 0.270 e. The highest BCUT2D eigenvalue weighted by atomic mass is 79.9. The van der Waals surface area contributed by atoms with E-state index < -0.39 is 4.92 Å². The van der Waals surface area contributed by atoms with Crippen molar-refractivity contribution in [3.05, 3.63) is 74.0 Å². The van der Waals surface area contributed by atoms with Gasteiger partial charge in [0.1, 0.15) is 5.82 Å². The van der Waals surface area contributed by atoms with Crippen LogP contribution in [0.2, 0.25) is 0 Å². The topological polar surface area (TPSA) is 55.2 Å². The number of nitro benzene ring substituents is 1. The molecule has 0 bridgehead atoms. The number of hydrogen-bond acceptors (Lipinski definition) is 3. The maximum absolute atomic E-state index is 12.9. The number of rotatable bonds is 5. The average molecular weight is 353 g/mol. The highest BCUT2D eigenvalue weighted by molar-refractivity contribution is 9.10. The molecule has 0 radical (unpaired) electrons. The zero-order valence-electron chi connectivity index (χ0n) is 11.3. The summed E-state index contributed by atoms with van der Waals surface area (Å²) in [5, 5.41) is 14.1. The van der Waals surface area contributed by atoms with Crippen LogP contribution in [0.25, 0.3) is 0 Å². The predicted octanol–water partition coefficient (Wildman–Crippen LogP) is 4.35. The van der Waals surface area contributed by atoms with Crippen molar-refractivity contribution in [1.82, 2.24) is 5.32 Å². The third-order valence-electron chi connectivity index (χ3n) is 3.14. The Morgan fingerprint density at radius 3 is 2.57 bits per heavy atom. The molecule has 110 valence electrons. The minimum atomic E-state index is -0.419. The lowest BCUT2D eigenvalue weighted by Crippen LogP contribution is -2.18. The van der Waals surface area contributed by atoms with E-state index in [9.17, 15) is 14.5 Å². The van der Waals surface area contributed by atoms with Crippen molar-refractivity contribution >= 4 is 21.6 Å². The molecule has 0 saturated heterocycles. The van der Waals surface area contributed by atoms with E-state index in [4.69, 9.17) is 0 Å². The van der Waals surface area contributed by atoms with Gasteiger partial charge in [0.25, 0.3) is 5.69 Å². The molecule has 0 aliphatic rings. The van der Waals surface area contributed by atoms with E-state index in [1.807, 2.05) is 13.0 Å². The molecule has 0 aliphatic carbocycles. The van der Waals surface area contributed by atoms with Crippen LogP contribution in [0.5, 0.6) is 0 Å².